The van der Waals surface area contributed by atoms with Crippen LogP contribution < -0.4 is 36.9 Å². The summed E-state index contributed by atoms with van der Waals surface area (Å²) in [4.78, 5) is 73.0. The number of hydrogen-bond acceptors (Lipinski definition) is 18. The molecule has 3 aliphatic rings. The zero-order valence-electron chi connectivity index (χ0n) is 55.4. The molecule has 12 heterocycles. The number of aromatic nitrogens is 7. The molecule has 9 aromatic heterocycles. The summed E-state index contributed by atoms with van der Waals surface area (Å²) in [6.07, 6.45) is 7.54. The van der Waals surface area contributed by atoms with E-state index in [4.69, 9.17) is 17.7 Å². The topological polar surface area (TPSA) is 205 Å². The lowest BCUT2D eigenvalue weighted by molar-refractivity contribution is 0.173. The van der Waals surface area contributed by atoms with E-state index in [1.165, 1.54) is 0 Å². The summed E-state index contributed by atoms with van der Waals surface area (Å²) >= 11 is 0. The van der Waals surface area contributed by atoms with Gasteiger partial charge in [-0.05, 0) is 141 Å². The Morgan fingerprint density at radius 3 is 1.44 bits per heavy atom. The van der Waals surface area contributed by atoms with Gasteiger partial charge in [0.25, 0.3) is 0 Å². The van der Waals surface area contributed by atoms with Crippen LogP contribution in [-0.2, 0) is 0 Å². The van der Waals surface area contributed by atoms with Crippen molar-refractivity contribution in [3.05, 3.63) is 175 Å². The van der Waals surface area contributed by atoms with Crippen molar-refractivity contribution < 1.29 is 17.7 Å². The van der Waals surface area contributed by atoms with E-state index >= 15 is 0 Å². The van der Waals surface area contributed by atoms with Gasteiger partial charge in [0, 0.05) is 164 Å². The number of fused-ring (bicyclic) bond motifs is 6. The van der Waals surface area contributed by atoms with Gasteiger partial charge in [0.2, 0.25) is 0 Å². The minimum atomic E-state index is -0.396. The minimum Gasteiger partial charge on any atom is -0.454 e. The summed E-state index contributed by atoms with van der Waals surface area (Å²) < 4.78 is 27.0. The number of rotatable bonds is 8. The van der Waals surface area contributed by atoms with Gasteiger partial charge < -0.3 is 51.4 Å². The van der Waals surface area contributed by atoms with Crippen LogP contribution in [0.25, 0.3) is 89.0 Å². The number of furan rings is 1. The Hall–Kier alpha value is -9.50. The van der Waals surface area contributed by atoms with Crippen molar-refractivity contribution in [3.63, 3.8) is 0 Å². The maximum atomic E-state index is 12.9. The van der Waals surface area contributed by atoms with E-state index in [1.54, 1.807) is 0 Å². The maximum Gasteiger partial charge on any atom is 0.347 e. The van der Waals surface area contributed by atoms with Crippen molar-refractivity contribution in [2.45, 2.75) is 94.3 Å². The third-order valence-electron chi connectivity index (χ3n) is 18.8. The van der Waals surface area contributed by atoms with E-state index in [2.05, 4.69) is 122 Å². The van der Waals surface area contributed by atoms with Crippen LogP contribution in [-0.4, -0.2) is 135 Å². The van der Waals surface area contributed by atoms with Crippen LogP contribution in [0.3, 0.4) is 0 Å². The van der Waals surface area contributed by atoms with Crippen LogP contribution in [0.5, 0.6) is 0 Å². The fourth-order valence-corrected chi connectivity index (χ4v) is 13.4. The Balaban J connectivity index is 0.000000127. The number of anilines is 3. The number of nitrogens with zero attached hydrogens (tertiary/aromatic N) is 12. The highest BCUT2D eigenvalue weighted by molar-refractivity contribution is 5.89. The molecule has 3 aliphatic heterocycles. The second-order valence-electron chi connectivity index (χ2n) is 26.3. The molecule has 480 valence electrons. The predicted octanol–water partition coefficient (Wildman–Crippen LogP) is 11.8. The molecule has 93 heavy (non-hydrogen) atoms. The Morgan fingerprint density at radius 1 is 0.462 bits per heavy atom. The van der Waals surface area contributed by atoms with E-state index in [9.17, 15) is 14.4 Å². The quantitative estimate of drug-likeness (QED) is 0.140. The molecule has 3 saturated heterocycles. The van der Waals surface area contributed by atoms with Crippen molar-refractivity contribution in [2.24, 2.45) is 11.8 Å². The second-order valence-corrected chi connectivity index (χ2v) is 26.3. The van der Waals surface area contributed by atoms with Gasteiger partial charge >= 0.3 is 16.9 Å². The standard InChI is InChI=1S/C25H29N5O2.C24H27N5O2.C24H25N3O3/c1-15(2)22-14-29(9-8-28(22)5)19-7-6-18-10-20(25(31)32-23(18)11-19)21-13-30-12-16(3)26-17(4)24(30)27-21;1-14(2)20-12-28(8-7-25-20)18-6-5-17-9-19(24(30)31-22(17)10-18)21-13-29-11-15(3)26-16(4)23(29)27-21;1-14-9-18-11-22(29-23(18)16(3)25-14)20-10-17-5-6-19(12-21(17)30-24(20)28)27-8-7-26(4)15(2)13-27/h6-7,10-13,15,22H,8-9,14H2,1-5H3;5-6,9-11,13-14,20,25H,7-8,12H2,1-4H3;5-6,9-12,15H,7-8,13H2,1-4H3/t22-;20-;15-/m111/s1. The molecule has 0 aliphatic carbocycles. The van der Waals surface area contributed by atoms with E-state index in [1.807, 2.05) is 142 Å². The molecule has 0 amide bonds. The summed E-state index contributed by atoms with van der Waals surface area (Å²) in [5, 5.41) is 7.17. The summed E-state index contributed by atoms with van der Waals surface area (Å²) in [5.74, 6) is 1.65. The predicted molar refractivity (Wildman–Crippen MR) is 369 cm³/mol. The number of benzene rings is 3. The minimum absolute atomic E-state index is 0.376. The van der Waals surface area contributed by atoms with E-state index in [0.717, 1.165) is 143 Å². The zero-order valence-corrected chi connectivity index (χ0v) is 55.4. The molecule has 20 nitrogen and oxygen atoms in total. The van der Waals surface area contributed by atoms with E-state index in [-0.39, 0.29) is 11.3 Å². The molecule has 0 saturated carbocycles. The monoisotopic (exact) mass is 1250 g/mol. The largest absolute Gasteiger partial charge is 0.454 e. The van der Waals surface area contributed by atoms with Crippen molar-refractivity contribution in [3.8, 4) is 33.8 Å². The SMILES string of the molecule is Cc1cc2cc(-c3cc4ccc(N5CCN(C)[C@H](C)C5)cc4oc3=O)oc2c(C)n1.Cc1cn2cc(-c3cc4ccc(N5CCN(C)[C@@H](C(C)C)C5)cc4oc3=O)nc2c(C)n1.Cc1cn2cc(-c3cc4ccc(N5CCN[C@@H](C(C)C)C5)cc4oc3=O)nc2c(C)n1. The zero-order chi connectivity index (χ0) is 65.3. The number of piperazine rings is 3. The Labute approximate surface area is 539 Å². The summed E-state index contributed by atoms with van der Waals surface area (Å²) in [6, 6.07) is 29.2. The van der Waals surface area contributed by atoms with Crippen molar-refractivity contribution >= 4 is 72.2 Å². The number of imidazole rings is 2. The second kappa shape index (κ2) is 25.2. The number of aryl methyl sites for hydroxylation is 6. The van der Waals surface area contributed by atoms with Crippen molar-refractivity contribution in [1.29, 1.82) is 0 Å². The van der Waals surface area contributed by atoms with Gasteiger partial charge in [0.05, 0.1) is 51.0 Å². The van der Waals surface area contributed by atoms with Gasteiger partial charge in [-0.1, -0.05) is 27.7 Å². The lowest BCUT2D eigenvalue weighted by Gasteiger charge is -2.42. The molecule has 0 unspecified atom stereocenters. The van der Waals surface area contributed by atoms with Crippen molar-refractivity contribution in [1.82, 2.24) is 48.8 Å². The molecule has 3 fully saturated rings. The third kappa shape index (κ3) is 12.7. The molecule has 0 spiro atoms. The summed E-state index contributed by atoms with van der Waals surface area (Å²) in [6.45, 7) is 31.5. The first kappa shape index (κ1) is 62.3. The lowest BCUT2D eigenvalue weighted by atomic mass is 9.99. The van der Waals surface area contributed by atoms with E-state index < -0.39 is 5.63 Å². The van der Waals surface area contributed by atoms with E-state index in [0.29, 0.717) is 86.1 Å². The van der Waals surface area contributed by atoms with Crippen LogP contribution in [0, 0.1) is 53.4 Å². The first-order chi connectivity index (χ1) is 44.6. The molecule has 0 bridgehead atoms. The molecular formula is C73H81N13O7. The fourth-order valence-electron chi connectivity index (χ4n) is 13.4. The van der Waals surface area contributed by atoms with Gasteiger partial charge in [0.1, 0.15) is 28.1 Å². The summed E-state index contributed by atoms with van der Waals surface area (Å²) in [7, 11) is 4.35. The molecule has 3 atom stereocenters. The average molecular weight is 1250 g/mol. The summed E-state index contributed by atoms with van der Waals surface area (Å²) in [5.41, 5.74) is 13.8. The van der Waals surface area contributed by atoms with Crippen LogP contribution in [0.2, 0.25) is 0 Å². The van der Waals surface area contributed by atoms with Crippen LogP contribution in [0.4, 0.5) is 17.1 Å². The number of hydrogen-bond donors (Lipinski definition) is 1. The van der Waals surface area contributed by atoms with Crippen LogP contribution in [0.15, 0.2) is 142 Å². The first-order valence-electron chi connectivity index (χ1n) is 32.2. The number of likely N-dealkylation sites (N-methyl/N-ethyl adjacent to an activating group) is 2. The number of pyridine rings is 1. The molecular weight excluding hydrogens is 1170 g/mol. The van der Waals surface area contributed by atoms with Gasteiger partial charge in [0.15, 0.2) is 16.9 Å². The van der Waals surface area contributed by atoms with Crippen LogP contribution in [0.1, 0.15) is 68.8 Å². The smallest absolute Gasteiger partial charge is 0.347 e. The Kier molecular flexibility index (Phi) is 16.9. The van der Waals surface area contributed by atoms with Gasteiger partial charge in [-0.2, -0.15) is 0 Å². The normalized spacial score (nSPS) is 17.6. The van der Waals surface area contributed by atoms with Gasteiger partial charge in [-0.15, -0.1) is 0 Å². The molecule has 3 aromatic carbocycles. The Morgan fingerprint density at radius 2 is 0.935 bits per heavy atom. The fraction of sp³-hybridized carbons (Fsp3) is 0.370. The van der Waals surface area contributed by atoms with Gasteiger partial charge in [-0.3, -0.25) is 19.9 Å². The highest BCUT2D eigenvalue weighted by Crippen LogP contribution is 2.33. The van der Waals surface area contributed by atoms with Gasteiger partial charge in [-0.25, -0.2) is 24.4 Å². The molecule has 0 radical (unpaired) electrons. The lowest BCUT2D eigenvalue weighted by Crippen LogP contribution is -2.53. The number of nitrogens with one attached hydrogen (secondary N) is 1. The van der Waals surface area contributed by atoms with Crippen LogP contribution >= 0.6 is 0 Å². The highest BCUT2D eigenvalue weighted by Gasteiger charge is 2.29. The Bertz CT molecular complexity index is 5020. The molecule has 12 aromatic rings. The van der Waals surface area contributed by atoms with Crippen molar-refractivity contribution in [2.75, 3.05) is 87.7 Å². The average Bonchev–Trinajstić information content (AvgIpc) is 1.75. The maximum absolute atomic E-state index is 12.9. The molecule has 15 rings (SSSR count). The highest BCUT2D eigenvalue weighted by atomic mass is 16.4. The molecule has 1 N–H and O–H groups in total. The first-order valence-corrected chi connectivity index (χ1v) is 32.2. The third-order valence-corrected chi connectivity index (χ3v) is 18.8. The molecule has 20 heteroatoms.